The average Bonchev–Trinajstić information content (AvgIpc) is 2.58. The van der Waals surface area contributed by atoms with Crippen molar-refractivity contribution >= 4 is 29.9 Å². The Morgan fingerprint density at radius 1 is 1.38 bits per heavy atom. The molecule has 2 rings (SSSR count). The third-order valence-corrected chi connectivity index (χ3v) is 4.41. The molecule has 0 spiro atoms. The van der Waals surface area contributed by atoms with Crippen LogP contribution in [-0.4, -0.2) is 56.9 Å². The standard InChI is InChI=1S/C20H33N3O2.HI/c1-15(2)24-11-6-9-22-20(21-5)23-10-12-25-19(14-23)18-8-7-16(3)13-17(18)4;/h7-8,13,15,19H,6,9-12,14H2,1-5H3,(H,21,22);1H. The van der Waals surface area contributed by atoms with Crippen LogP contribution in [0.4, 0.5) is 0 Å². The zero-order valence-electron chi connectivity index (χ0n) is 16.7. The van der Waals surface area contributed by atoms with Crippen LogP contribution < -0.4 is 5.32 Å². The van der Waals surface area contributed by atoms with Crippen LogP contribution in [-0.2, 0) is 9.47 Å². The van der Waals surface area contributed by atoms with E-state index in [0.29, 0.717) is 0 Å². The SMILES string of the molecule is CN=C(NCCCOC(C)C)N1CCOC(c2ccc(C)cc2C)C1.I. The summed E-state index contributed by atoms with van der Waals surface area (Å²) in [6.45, 7) is 12.5. The number of morpholine rings is 1. The zero-order valence-corrected chi connectivity index (χ0v) is 19.1. The Morgan fingerprint density at radius 3 is 2.81 bits per heavy atom. The number of rotatable bonds is 6. The van der Waals surface area contributed by atoms with E-state index in [0.717, 1.165) is 45.2 Å². The third kappa shape index (κ3) is 7.04. The van der Waals surface area contributed by atoms with Crippen LogP contribution in [0.15, 0.2) is 23.2 Å². The highest BCUT2D eigenvalue weighted by atomic mass is 127. The van der Waals surface area contributed by atoms with Gasteiger partial charge in [-0.1, -0.05) is 23.8 Å². The fourth-order valence-electron chi connectivity index (χ4n) is 3.14. The summed E-state index contributed by atoms with van der Waals surface area (Å²) in [6.07, 6.45) is 1.36. The Morgan fingerprint density at radius 2 is 2.15 bits per heavy atom. The number of hydrogen-bond acceptors (Lipinski definition) is 3. The summed E-state index contributed by atoms with van der Waals surface area (Å²) in [5, 5.41) is 3.45. The molecule has 6 heteroatoms. The van der Waals surface area contributed by atoms with E-state index in [1.807, 2.05) is 7.05 Å². The van der Waals surface area contributed by atoms with Gasteiger partial charge < -0.3 is 19.7 Å². The number of ether oxygens (including phenoxy) is 2. The van der Waals surface area contributed by atoms with Crippen molar-refractivity contribution in [1.29, 1.82) is 0 Å². The highest BCUT2D eigenvalue weighted by molar-refractivity contribution is 14.0. The Kier molecular flexibility index (Phi) is 10.5. The smallest absolute Gasteiger partial charge is 0.193 e. The molecule has 1 heterocycles. The summed E-state index contributed by atoms with van der Waals surface area (Å²) in [7, 11) is 1.84. The first-order chi connectivity index (χ1) is 12.0. The molecular formula is C20H34IN3O2. The Labute approximate surface area is 175 Å². The predicted molar refractivity (Wildman–Crippen MR) is 119 cm³/mol. The summed E-state index contributed by atoms with van der Waals surface area (Å²) in [5.41, 5.74) is 3.85. The number of hydrogen-bond donors (Lipinski definition) is 1. The summed E-state index contributed by atoms with van der Waals surface area (Å²) in [6, 6.07) is 6.57. The third-order valence-electron chi connectivity index (χ3n) is 4.41. The Bertz CT molecular complexity index is 578. The maximum Gasteiger partial charge on any atom is 0.193 e. The van der Waals surface area contributed by atoms with Gasteiger partial charge in [0.15, 0.2) is 5.96 Å². The maximum absolute atomic E-state index is 6.03. The predicted octanol–water partition coefficient (Wildman–Crippen LogP) is 3.69. The van der Waals surface area contributed by atoms with E-state index >= 15 is 0 Å². The van der Waals surface area contributed by atoms with E-state index in [4.69, 9.17) is 9.47 Å². The average molecular weight is 475 g/mol. The molecular weight excluding hydrogens is 441 g/mol. The molecule has 0 amide bonds. The fourth-order valence-corrected chi connectivity index (χ4v) is 3.14. The molecule has 1 aromatic carbocycles. The lowest BCUT2D eigenvalue weighted by Gasteiger charge is -2.35. The van der Waals surface area contributed by atoms with Crippen molar-refractivity contribution in [3.8, 4) is 0 Å². The highest BCUT2D eigenvalue weighted by Gasteiger charge is 2.25. The molecule has 5 nitrogen and oxygen atoms in total. The van der Waals surface area contributed by atoms with Crippen molar-refractivity contribution in [1.82, 2.24) is 10.2 Å². The molecule has 26 heavy (non-hydrogen) atoms. The molecule has 0 saturated carbocycles. The quantitative estimate of drug-likeness (QED) is 0.295. The van der Waals surface area contributed by atoms with Crippen LogP contribution in [0, 0.1) is 13.8 Å². The molecule has 1 aromatic rings. The first-order valence-electron chi connectivity index (χ1n) is 9.27. The minimum Gasteiger partial charge on any atom is -0.379 e. The van der Waals surface area contributed by atoms with Gasteiger partial charge in [0, 0.05) is 26.7 Å². The van der Waals surface area contributed by atoms with E-state index in [1.165, 1.54) is 16.7 Å². The van der Waals surface area contributed by atoms with Gasteiger partial charge in [-0.25, -0.2) is 0 Å². The van der Waals surface area contributed by atoms with Crippen molar-refractivity contribution in [2.75, 3.05) is 39.9 Å². The van der Waals surface area contributed by atoms with Gasteiger partial charge in [-0.3, -0.25) is 4.99 Å². The number of nitrogens with zero attached hydrogens (tertiary/aromatic N) is 2. The zero-order chi connectivity index (χ0) is 18.2. The van der Waals surface area contributed by atoms with Gasteiger partial charge in [-0.05, 0) is 45.2 Å². The summed E-state index contributed by atoms with van der Waals surface area (Å²) in [4.78, 5) is 6.73. The molecule has 148 valence electrons. The lowest BCUT2D eigenvalue weighted by molar-refractivity contribution is -0.00837. The van der Waals surface area contributed by atoms with E-state index in [-0.39, 0.29) is 36.2 Å². The lowest BCUT2D eigenvalue weighted by Crippen LogP contribution is -2.48. The second kappa shape index (κ2) is 11.8. The van der Waals surface area contributed by atoms with Gasteiger partial charge in [0.1, 0.15) is 6.10 Å². The first-order valence-corrected chi connectivity index (χ1v) is 9.27. The highest BCUT2D eigenvalue weighted by Crippen LogP contribution is 2.25. The number of aliphatic imine (C=N–C) groups is 1. The van der Waals surface area contributed by atoms with Crippen LogP contribution in [0.2, 0.25) is 0 Å². The van der Waals surface area contributed by atoms with Crippen LogP contribution in [0.1, 0.15) is 43.1 Å². The normalized spacial score (nSPS) is 18.0. The number of halogens is 1. The van der Waals surface area contributed by atoms with Gasteiger partial charge in [0.25, 0.3) is 0 Å². The topological polar surface area (TPSA) is 46.1 Å². The van der Waals surface area contributed by atoms with Gasteiger partial charge in [0.2, 0.25) is 0 Å². The molecule has 1 fully saturated rings. The van der Waals surface area contributed by atoms with Gasteiger partial charge in [0.05, 0.1) is 19.3 Å². The van der Waals surface area contributed by atoms with Crippen molar-refractivity contribution in [2.45, 2.75) is 46.3 Å². The first kappa shape index (κ1) is 23.2. The minimum atomic E-state index is 0. The largest absolute Gasteiger partial charge is 0.379 e. The van der Waals surface area contributed by atoms with Crippen molar-refractivity contribution in [3.63, 3.8) is 0 Å². The van der Waals surface area contributed by atoms with Crippen LogP contribution >= 0.6 is 24.0 Å². The number of aryl methyl sites for hydroxylation is 2. The van der Waals surface area contributed by atoms with E-state index in [1.54, 1.807) is 0 Å². The van der Waals surface area contributed by atoms with E-state index in [9.17, 15) is 0 Å². The Hall–Kier alpha value is -0.860. The second-order valence-corrected chi connectivity index (χ2v) is 6.91. The fraction of sp³-hybridized carbons (Fsp3) is 0.650. The molecule has 1 atom stereocenters. The number of guanidine groups is 1. The van der Waals surface area contributed by atoms with E-state index in [2.05, 4.69) is 61.1 Å². The molecule has 0 aromatic heterocycles. The molecule has 0 bridgehead atoms. The van der Waals surface area contributed by atoms with Crippen LogP contribution in [0.3, 0.4) is 0 Å². The second-order valence-electron chi connectivity index (χ2n) is 6.91. The van der Waals surface area contributed by atoms with Crippen LogP contribution in [0.25, 0.3) is 0 Å². The molecule has 1 unspecified atom stereocenters. The van der Waals surface area contributed by atoms with Crippen molar-refractivity contribution in [3.05, 3.63) is 34.9 Å². The van der Waals surface area contributed by atoms with Crippen LogP contribution in [0.5, 0.6) is 0 Å². The molecule has 1 aliphatic rings. The summed E-state index contributed by atoms with van der Waals surface area (Å²) in [5.74, 6) is 0.947. The molecule has 0 radical (unpaired) electrons. The monoisotopic (exact) mass is 475 g/mol. The summed E-state index contributed by atoms with van der Waals surface area (Å²) < 4.78 is 11.6. The van der Waals surface area contributed by atoms with Gasteiger partial charge in [-0.15, -0.1) is 24.0 Å². The Balaban J connectivity index is 0.00000338. The number of nitrogens with one attached hydrogen (secondary N) is 1. The van der Waals surface area contributed by atoms with Crippen molar-refractivity contribution in [2.24, 2.45) is 4.99 Å². The van der Waals surface area contributed by atoms with Gasteiger partial charge in [-0.2, -0.15) is 0 Å². The molecule has 1 saturated heterocycles. The van der Waals surface area contributed by atoms with E-state index < -0.39 is 0 Å². The lowest BCUT2D eigenvalue weighted by atomic mass is 10.00. The molecule has 1 aliphatic heterocycles. The molecule has 1 N–H and O–H groups in total. The van der Waals surface area contributed by atoms with Crippen molar-refractivity contribution < 1.29 is 9.47 Å². The van der Waals surface area contributed by atoms with Gasteiger partial charge >= 0.3 is 0 Å². The maximum atomic E-state index is 6.03. The number of benzene rings is 1. The summed E-state index contributed by atoms with van der Waals surface area (Å²) >= 11 is 0. The minimum absolute atomic E-state index is 0. The molecule has 0 aliphatic carbocycles.